The van der Waals surface area contributed by atoms with Crippen LogP contribution in [-0.4, -0.2) is 44.3 Å². The summed E-state index contributed by atoms with van der Waals surface area (Å²) >= 11 is 0. The largest absolute Gasteiger partial charge is 0.374 e. The number of nitrogens with zero attached hydrogens (tertiary/aromatic N) is 1. The van der Waals surface area contributed by atoms with E-state index in [-0.39, 0.29) is 11.7 Å². The van der Waals surface area contributed by atoms with Gasteiger partial charge in [0.05, 0.1) is 18.8 Å². The van der Waals surface area contributed by atoms with E-state index in [9.17, 15) is 8.78 Å². The Morgan fingerprint density at radius 3 is 2.68 bits per heavy atom. The van der Waals surface area contributed by atoms with Gasteiger partial charge in [-0.25, -0.2) is 8.78 Å². The highest BCUT2D eigenvalue weighted by Gasteiger charge is 2.34. The highest BCUT2D eigenvalue weighted by Crippen LogP contribution is 2.31. The van der Waals surface area contributed by atoms with E-state index in [4.69, 9.17) is 4.74 Å². The molecule has 1 saturated heterocycles. The number of hydrogen-bond donors (Lipinski definition) is 1. The smallest absolute Gasteiger partial charge is 0.131 e. The van der Waals surface area contributed by atoms with E-state index in [0.29, 0.717) is 19.7 Å². The summed E-state index contributed by atoms with van der Waals surface area (Å²) in [6.07, 6.45) is -0.245. The molecule has 1 heterocycles. The molecule has 1 aromatic rings. The van der Waals surface area contributed by atoms with Crippen molar-refractivity contribution in [2.24, 2.45) is 0 Å². The van der Waals surface area contributed by atoms with E-state index in [1.807, 2.05) is 18.9 Å². The maximum atomic E-state index is 14.0. The van der Waals surface area contributed by atoms with E-state index in [1.165, 1.54) is 18.2 Å². The quantitative estimate of drug-likeness (QED) is 0.905. The molecule has 5 heteroatoms. The minimum absolute atomic E-state index is 0.104. The van der Waals surface area contributed by atoms with Gasteiger partial charge in [-0.2, -0.15) is 0 Å². The van der Waals surface area contributed by atoms with E-state index in [2.05, 4.69) is 5.32 Å². The Balaban J connectivity index is 2.30. The van der Waals surface area contributed by atoms with Crippen molar-refractivity contribution in [3.63, 3.8) is 0 Å². The van der Waals surface area contributed by atoms with Crippen molar-refractivity contribution in [2.45, 2.75) is 19.1 Å². The zero-order chi connectivity index (χ0) is 13.8. The predicted molar refractivity (Wildman–Crippen MR) is 70.0 cm³/mol. The number of likely N-dealkylation sites (N-methyl/N-ethyl adjacent to an activating group) is 2. The first-order valence-electron chi connectivity index (χ1n) is 6.61. The Morgan fingerprint density at radius 2 is 2.05 bits per heavy atom. The number of halogens is 2. The first kappa shape index (κ1) is 14.4. The fraction of sp³-hybridized carbons (Fsp3) is 0.571. The van der Waals surface area contributed by atoms with Crippen molar-refractivity contribution in [1.82, 2.24) is 10.2 Å². The van der Waals surface area contributed by atoms with Gasteiger partial charge in [0.1, 0.15) is 11.6 Å². The molecule has 0 bridgehead atoms. The fourth-order valence-corrected chi connectivity index (χ4v) is 2.52. The van der Waals surface area contributed by atoms with Crippen LogP contribution in [-0.2, 0) is 4.74 Å². The minimum Gasteiger partial charge on any atom is -0.374 e. The summed E-state index contributed by atoms with van der Waals surface area (Å²) in [5.74, 6) is -1.02. The van der Waals surface area contributed by atoms with Crippen LogP contribution in [0.4, 0.5) is 8.78 Å². The Labute approximate surface area is 112 Å². The van der Waals surface area contributed by atoms with Gasteiger partial charge in [0.15, 0.2) is 0 Å². The van der Waals surface area contributed by atoms with Gasteiger partial charge >= 0.3 is 0 Å². The number of hydrogen-bond acceptors (Lipinski definition) is 3. The van der Waals surface area contributed by atoms with Crippen LogP contribution < -0.4 is 5.32 Å². The number of morpholine rings is 1. The summed E-state index contributed by atoms with van der Waals surface area (Å²) in [5, 5.41) is 3.18. The number of ether oxygens (including phenoxy) is 1. The van der Waals surface area contributed by atoms with Gasteiger partial charge in [-0.3, -0.25) is 4.90 Å². The summed E-state index contributed by atoms with van der Waals surface area (Å²) in [4.78, 5) is 1.95. The minimum atomic E-state index is -0.510. The standard InChI is InChI=1S/C14H20F2N2O/c1-3-17-9-12-14(18(2)7-8-19-12)13-10(15)5-4-6-11(13)16/h4-6,12,14,17H,3,7-9H2,1-2H3. The lowest BCUT2D eigenvalue weighted by Gasteiger charge is -2.39. The molecule has 0 radical (unpaired) electrons. The lowest BCUT2D eigenvalue weighted by molar-refractivity contribution is -0.0632. The molecule has 2 rings (SSSR count). The molecule has 0 aromatic heterocycles. The van der Waals surface area contributed by atoms with Crippen molar-refractivity contribution in [3.8, 4) is 0 Å². The third kappa shape index (κ3) is 3.11. The van der Waals surface area contributed by atoms with Crippen molar-refractivity contribution in [2.75, 3.05) is 33.3 Å². The second-order valence-electron chi connectivity index (χ2n) is 4.78. The highest BCUT2D eigenvalue weighted by atomic mass is 19.1. The van der Waals surface area contributed by atoms with Crippen LogP contribution in [0.15, 0.2) is 18.2 Å². The van der Waals surface area contributed by atoms with Gasteiger partial charge in [-0.05, 0) is 25.7 Å². The molecule has 3 nitrogen and oxygen atoms in total. The lowest BCUT2D eigenvalue weighted by Crippen LogP contribution is -2.48. The fourth-order valence-electron chi connectivity index (χ4n) is 2.52. The molecule has 0 spiro atoms. The third-order valence-electron chi connectivity index (χ3n) is 3.49. The summed E-state index contributed by atoms with van der Waals surface area (Å²) in [6.45, 7) is 4.63. The van der Waals surface area contributed by atoms with Crippen LogP contribution in [0.5, 0.6) is 0 Å². The monoisotopic (exact) mass is 270 g/mol. The average molecular weight is 270 g/mol. The van der Waals surface area contributed by atoms with Crippen LogP contribution in [0.1, 0.15) is 18.5 Å². The van der Waals surface area contributed by atoms with Crippen LogP contribution in [0.2, 0.25) is 0 Å². The van der Waals surface area contributed by atoms with Gasteiger partial charge in [0, 0.05) is 18.7 Å². The molecule has 0 saturated carbocycles. The third-order valence-corrected chi connectivity index (χ3v) is 3.49. The molecule has 19 heavy (non-hydrogen) atoms. The molecule has 1 N–H and O–H groups in total. The van der Waals surface area contributed by atoms with Gasteiger partial charge in [-0.1, -0.05) is 13.0 Å². The molecule has 1 fully saturated rings. The Kier molecular flexibility index (Phi) is 4.85. The zero-order valence-electron chi connectivity index (χ0n) is 11.3. The second-order valence-corrected chi connectivity index (χ2v) is 4.78. The number of rotatable bonds is 4. The molecule has 0 aliphatic carbocycles. The van der Waals surface area contributed by atoms with Crippen LogP contribution in [0.3, 0.4) is 0 Å². The average Bonchev–Trinajstić information content (AvgIpc) is 2.38. The Hall–Kier alpha value is -1.04. The molecule has 0 amide bonds. The Bertz CT molecular complexity index is 408. The molecule has 106 valence electrons. The topological polar surface area (TPSA) is 24.5 Å². The van der Waals surface area contributed by atoms with Gasteiger partial charge in [0.25, 0.3) is 0 Å². The number of benzene rings is 1. The van der Waals surface area contributed by atoms with Crippen LogP contribution in [0, 0.1) is 11.6 Å². The molecule has 1 aliphatic heterocycles. The summed E-state index contributed by atoms with van der Waals surface area (Å²) < 4.78 is 33.6. The normalized spacial score (nSPS) is 24.6. The SMILES string of the molecule is CCNCC1OCCN(C)C1c1c(F)cccc1F. The molecule has 1 aliphatic rings. The van der Waals surface area contributed by atoms with Crippen LogP contribution >= 0.6 is 0 Å². The van der Waals surface area contributed by atoms with Gasteiger partial charge in [-0.15, -0.1) is 0 Å². The summed E-state index contributed by atoms with van der Waals surface area (Å²) in [5.41, 5.74) is 0.104. The molecule has 1 aromatic carbocycles. The van der Waals surface area contributed by atoms with Crippen LogP contribution in [0.25, 0.3) is 0 Å². The van der Waals surface area contributed by atoms with E-state index >= 15 is 0 Å². The van der Waals surface area contributed by atoms with E-state index in [0.717, 1.165) is 6.54 Å². The van der Waals surface area contributed by atoms with Gasteiger partial charge < -0.3 is 10.1 Å². The second kappa shape index (κ2) is 6.41. The Morgan fingerprint density at radius 1 is 1.37 bits per heavy atom. The lowest BCUT2D eigenvalue weighted by atomic mass is 9.97. The molecular weight excluding hydrogens is 250 g/mol. The molecular formula is C14H20F2N2O. The zero-order valence-corrected chi connectivity index (χ0v) is 11.3. The molecule has 2 atom stereocenters. The summed E-state index contributed by atoms with van der Waals surface area (Å²) in [6, 6.07) is 3.59. The molecule has 2 unspecified atom stereocenters. The van der Waals surface area contributed by atoms with Gasteiger partial charge in [0.2, 0.25) is 0 Å². The first-order valence-corrected chi connectivity index (χ1v) is 6.61. The van der Waals surface area contributed by atoms with Crippen molar-refractivity contribution in [3.05, 3.63) is 35.4 Å². The maximum absolute atomic E-state index is 14.0. The maximum Gasteiger partial charge on any atom is 0.131 e. The number of nitrogens with one attached hydrogen (secondary N) is 1. The van der Waals surface area contributed by atoms with Crippen molar-refractivity contribution < 1.29 is 13.5 Å². The predicted octanol–water partition coefficient (Wildman–Crippen LogP) is 1.95. The van der Waals surface area contributed by atoms with Crippen molar-refractivity contribution in [1.29, 1.82) is 0 Å². The first-order chi connectivity index (χ1) is 9.15. The van der Waals surface area contributed by atoms with Crippen molar-refractivity contribution >= 4 is 0 Å². The van der Waals surface area contributed by atoms with E-state index in [1.54, 1.807) is 0 Å². The summed E-state index contributed by atoms with van der Waals surface area (Å²) in [7, 11) is 1.87. The highest BCUT2D eigenvalue weighted by molar-refractivity contribution is 5.25. The van der Waals surface area contributed by atoms with E-state index < -0.39 is 17.7 Å².